The third-order valence-corrected chi connectivity index (χ3v) is 5.90. The maximum absolute atomic E-state index is 12.4. The molecule has 0 bridgehead atoms. The number of rotatable bonds is 4. The van der Waals surface area contributed by atoms with E-state index in [1.54, 1.807) is 28.6 Å². The molecule has 1 saturated heterocycles. The molecule has 0 aromatic heterocycles. The molecule has 1 aliphatic heterocycles. The van der Waals surface area contributed by atoms with Gasteiger partial charge in [0, 0.05) is 13.1 Å². The van der Waals surface area contributed by atoms with E-state index in [0.717, 1.165) is 12.8 Å². The van der Waals surface area contributed by atoms with Crippen LogP contribution in [0.25, 0.3) is 0 Å². The first-order valence-corrected chi connectivity index (χ1v) is 8.05. The van der Waals surface area contributed by atoms with Crippen LogP contribution in [0.1, 0.15) is 26.7 Å². The van der Waals surface area contributed by atoms with E-state index >= 15 is 0 Å². The van der Waals surface area contributed by atoms with E-state index in [1.807, 2.05) is 6.07 Å². The van der Waals surface area contributed by atoms with Crippen molar-refractivity contribution in [2.24, 2.45) is 11.8 Å². The first kappa shape index (κ1) is 13.6. The molecule has 2 unspecified atom stereocenters. The lowest BCUT2D eigenvalue weighted by Gasteiger charge is -2.19. The van der Waals surface area contributed by atoms with Gasteiger partial charge in [0.2, 0.25) is 10.0 Å². The molecule has 2 atom stereocenters. The fraction of sp³-hybridized carbons (Fsp3) is 0.571. The highest BCUT2D eigenvalue weighted by molar-refractivity contribution is 7.89. The predicted molar refractivity (Wildman–Crippen MR) is 72.8 cm³/mol. The molecule has 1 fully saturated rings. The summed E-state index contributed by atoms with van der Waals surface area (Å²) < 4.78 is 26.5. The molecule has 0 saturated carbocycles. The van der Waals surface area contributed by atoms with Crippen molar-refractivity contribution in [2.45, 2.75) is 31.6 Å². The van der Waals surface area contributed by atoms with Crippen molar-refractivity contribution in [1.82, 2.24) is 4.31 Å². The maximum atomic E-state index is 12.4. The highest BCUT2D eigenvalue weighted by Crippen LogP contribution is 2.29. The van der Waals surface area contributed by atoms with Crippen molar-refractivity contribution in [1.29, 1.82) is 0 Å². The van der Waals surface area contributed by atoms with Crippen LogP contribution < -0.4 is 0 Å². The summed E-state index contributed by atoms with van der Waals surface area (Å²) in [6.07, 6.45) is 2.10. The highest BCUT2D eigenvalue weighted by atomic mass is 32.2. The van der Waals surface area contributed by atoms with Crippen molar-refractivity contribution >= 4 is 10.0 Å². The lowest BCUT2D eigenvalue weighted by atomic mass is 9.91. The number of sulfonamides is 1. The van der Waals surface area contributed by atoms with Crippen molar-refractivity contribution < 1.29 is 8.42 Å². The Kier molecular flexibility index (Phi) is 4.07. The van der Waals surface area contributed by atoms with Crippen LogP contribution in [0.3, 0.4) is 0 Å². The standard InChI is InChI=1S/C14H21NO2S/c1-3-12(2)13-9-10-15(11-13)18(16,17)14-7-5-4-6-8-14/h4-8,12-13H,3,9-11H2,1-2H3. The predicted octanol–water partition coefficient (Wildman–Crippen LogP) is 2.74. The summed E-state index contributed by atoms with van der Waals surface area (Å²) in [6.45, 7) is 5.71. The van der Waals surface area contributed by atoms with Gasteiger partial charge in [-0.25, -0.2) is 8.42 Å². The summed E-state index contributed by atoms with van der Waals surface area (Å²) in [5.74, 6) is 1.11. The quantitative estimate of drug-likeness (QED) is 0.841. The van der Waals surface area contributed by atoms with Gasteiger partial charge in [0.1, 0.15) is 0 Å². The van der Waals surface area contributed by atoms with Gasteiger partial charge in [0.05, 0.1) is 4.90 Å². The van der Waals surface area contributed by atoms with E-state index in [-0.39, 0.29) is 0 Å². The zero-order chi connectivity index (χ0) is 13.2. The largest absolute Gasteiger partial charge is 0.243 e. The van der Waals surface area contributed by atoms with E-state index < -0.39 is 10.0 Å². The first-order valence-electron chi connectivity index (χ1n) is 6.61. The zero-order valence-electron chi connectivity index (χ0n) is 11.0. The average molecular weight is 267 g/mol. The molecule has 18 heavy (non-hydrogen) atoms. The van der Waals surface area contributed by atoms with E-state index in [0.29, 0.717) is 29.8 Å². The van der Waals surface area contributed by atoms with Crippen molar-refractivity contribution in [3.63, 3.8) is 0 Å². The molecule has 1 aromatic carbocycles. The fourth-order valence-corrected chi connectivity index (χ4v) is 4.04. The van der Waals surface area contributed by atoms with Crippen LogP contribution in [0.2, 0.25) is 0 Å². The minimum atomic E-state index is -3.28. The van der Waals surface area contributed by atoms with Crippen molar-refractivity contribution in [3.05, 3.63) is 30.3 Å². The molecule has 0 aliphatic carbocycles. The third-order valence-electron chi connectivity index (χ3n) is 4.02. The Balaban J connectivity index is 2.14. The third kappa shape index (κ3) is 2.59. The Bertz CT molecular complexity index is 484. The van der Waals surface area contributed by atoms with Gasteiger partial charge in [0.15, 0.2) is 0 Å². The van der Waals surface area contributed by atoms with Crippen LogP contribution in [0.5, 0.6) is 0 Å². The zero-order valence-corrected chi connectivity index (χ0v) is 11.9. The van der Waals surface area contributed by atoms with E-state index in [9.17, 15) is 8.42 Å². The minimum Gasteiger partial charge on any atom is -0.207 e. The van der Waals surface area contributed by atoms with Crippen LogP contribution >= 0.6 is 0 Å². The molecule has 3 nitrogen and oxygen atoms in total. The Hall–Kier alpha value is -0.870. The molecule has 4 heteroatoms. The molecule has 1 heterocycles. The van der Waals surface area contributed by atoms with Gasteiger partial charge in [-0.05, 0) is 30.4 Å². The van der Waals surface area contributed by atoms with Gasteiger partial charge in [-0.2, -0.15) is 4.31 Å². The summed E-state index contributed by atoms with van der Waals surface area (Å²) in [7, 11) is -3.28. The van der Waals surface area contributed by atoms with Gasteiger partial charge in [0.25, 0.3) is 0 Å². The summed E-state index contributed by atoms with van der Waals surface area (Å²) >= 11 is 0. The summed E-state index contributed by atoms with van der Waals surface area (Å²) in [5.41, 5.74) is 0. The molecule has 0 spiro atoms. The molecule has 100 valence electrons. The second kappa shape index (κ2) is 5.41. The smallest absolute Gasteiger partial charge is 0.207 e. The number of nitrogens with zero attached hydrogens (tertiary/aromatic N) is 1. The average Bonchev–Trinajstić information content (AvgIpc) is 2.89. The molecule has 1 aromatic rings. The van der Waals surface area contributed by atoms with Gasteiger partial charge < -0.3 is 0 Å². The summed E-state index contributed by atoms with van der Waals surface area (Å²) in [5, 5.41) is 0. The van der Waals surface area contributed by atoms with E-state index in [4.69, 9.17) is 0 Å². The first-order chi connectivity index (χ1) is 8.55. The molecular formula is C14H21NO2S. The van der Waals surface area contributed by atoms with Crippen LogP contribution in [-0.2, 0) is 10.0 Å². The topological polar surface area (TPSA) is 37.4 Å². The van der Waals surface area contributed by atoms with Crippen LogP contribution in [0.15, 0.2) is 35.2 Å². The van der Waals surface area contributed by atoms with Crippen LogP contribution in [0.4, 0.5) is 0 Å². The lowest BCUT2D eigenvalue weighted by Crippen LogP contribution is -2.29. The molecule has 2 rings (SSSR count). The van der Waals surface area contributed by atoms with E-state index in [2.05, 4.69) is 13.8 Å². The number of benzene rings is 1. The molecular weight excluding hydrogens is 246 g/mol. The monoisotopic (exact) mass is 267 g/mol. The number of hydrogen-bond acceptors (Lipinski definition) is 2. The molecule has 1 aliphatic rings. The molecule has 0 amide bonds. The Morgan fingerprint density at radius 3 is 2.61 bits per heavy atom. The second-order valence-corrected chi connectivity index (χ2v) is 7.05. The van der Waals surface area contributed by atoms with Crippen molar-refractivity contribution in [3.8, 4) is 0 Å². The van der Waals surface area contributed by atoms with Gasteiger partial charge >= 0.3 is 0 Å². The Morgan fingerprint density at radius 1 is 1.33 bits per heavy atom. The molecule has 0 N–H and O–H groups in total. The minimum absolute atomic E-state index is 0.412. The van der Waals surface area contributed by atoms with Crippen molar-refractivity contribution in [2.75, 3.05) is 13.1 Å². The number of hydrogen-bond donors (Lipinski definition) is 0. The second-order valence-electron chi connectivity index (χ2n) is 5.11. The normalized spacial score (nSPS) is 23.1. The van der Waals surface area contributed by atoms with Crippen LogP contribution in [0, 0.1) is 11.8 Å². The maximum Gasteiger partial charge on any atom is 0.243 e. The van der Waals surface area contributed by atoms with Gasteiger partial charge in [-0.1, -0.05) is 38.5 Å². The Labute approximate surface area is 110 Å². The lowest BCUT2D eigenvalue weighted by molar-refractivity contribution is 0.356. The van der Waals surface area contributed by atoms with E-state index in [1.165, 1.54) is 0 Å². The summed E-state index contributed by atoms with van der Waals surface area (Å²) in [6, 6.07) is 8.73. The summed E-state index contributed by atoms with van der Waals surface area (Å²) in [4.78, 5) is 0.412. The SMILES string of the molecule is CCC(C)C1CCN(S(=O)(=O)c2ccccc2)C1. The molecule has 0 radical (unpaired) electrons. The fourth-order valence-electron chi connectivity index (χ4n) is 2.51. The highest BCUT2D eigenvalue weighted by Gasteiger charge is 2.34. The van der Waals surface area contributed by atoms with Gasteiger partial charge in [-0.15, -0.1) is 0 Å². The van der Waals surface area contributed by atoms with Gasteiger partial charge in [-0.3, -0.25) is 0 Å². The van der Waals surface area contributed by atoms with Crippen LogP contribution in [-0.4, -0.2) is 25.8 Å². The Morgan fingerprint density at radius 2 is 2.00 bits per heavy atom.